The molecule has 1 fully saturated rings. The molecule has 0 N–H and O–H groups in total. The zero-order chi connectivity index (χ0) is 8.27. The lowest BCUT2D eigenvalue weighted by Gasteiger charge is -1.90. The molecule has 0 aromatic carbocycles. The molecule has 0 spiro atoms. The highest BCUT2D eigenvalue weighted by Crippen LogP contribution is 2.12. The minimum absolute atomic E-state index is 0.151. The van der Waals surface area contributed by atoms with E-state index in [-0.39, 0.29) is 6.61 Å². The van der Waals surface area contributed by atoms with Crippen LogP contribution >= 0.6 is 0 Å². The Morgan fingerprint density at radius 3 is 3.00 bits per heavy atom. The molecular formula is C5H8O4S2. The van der Waals surface area contributed by atoms with E-state index in [9.17, 15) is 8.42 Å². The second kappa shape index (κ2) is 3.99. The van der Waals surface area contributed by atoms with Gasteiger partial charge in [-0.25, -0.2) is 0 Å². The lowest BCUT2D eigenvalue weighted by molar-refractivity contribution is 0.408. The topological polar surface area (TPSA) is 52.6 Å². The summed E-state index contributed by atoms with van der Waals surface area (Å²) < 4.78 is 30.5. The van der Waals surface area contributed by atoms with Gasteiger partial charge in [-0.15, -0.1) is 0 Å². The Kier molecular flexibility index (Phi) is 3.22. The summed E-state index contributed by atoms with van der Waals surface area (Å²) in [5, 5.41) is 1.42. The largest absolute Gasteiger partial charge is 0.381 e. The summed E-state index contributed by atoms with van der Waals surface area (Å²) in [7, 11) is -1.03. The standard InChI is InChI=1S/C5H8O4S2/c1-2-10(6)4-5-3-8-11(7)9-5/h4H,2-3H2,1H3. The molecule has 64 valence electrons. The quantitative estimate of drug-likeness (QED) is 0.634. The zero-order valence-corrected chi connectivity index (χ0v) is 7.57. The fraction of sp³-hybridized carbons (Fsp3) is 0.600. The fourth-order valence-corrected chi connectivity index (χ4v) is 1.69. The molecule has 1 aliphatic rings. The Morgan fingerprint density at radius 2 is 2.55 bits per heavy atom. The first-order valence-corrected chi connectivity index (χ1v) is 5.42. The van der Waals surface area contributed by atoms with Crippen molar-refractivity contribution in [2.45, 2.75) is 6.92 Å². The van der Waals surface area contributed by atoms with Crippen LogP contribution in [0.15, 0.2) is 11.2 Å². The molecule has 0 aromatic rings. The highest BCUT2D eigenvalue weighted by atomic mass is 32.2. The minimum Gasteiger partial charge on any atom is -0.381 e. The molecule has 2 unspecified atom stereocenters. The van der Waals surface area contributed by atoms with Crippen molar-refractivity contribution >= 4 is 22.2 Å². The van der Waals surface area contributed by atoms with Crippen LogP contribution in [0.2, 0.25) is 0 Å². The molecule has 0 saturated carbocycles. The highest BCUT2D eigenvalue weighted by Gasteiger charge is 2.17. The van der Waals surface area contributed by atoms with Gasteiger partial charge in [0.1, 0.15) is 6.61 Å². The lowest BCUT2D eigenvalue weighted by Crippen LogP contribution is -1.91. The average molecular weight is 196 g/mol. The summed E-state index contributed by atoms with van der Waals surface area (Å²) in [4.78, 5) is 0. The van der Waals surface area contributed by atoms with Crippen LogP contribution in [0.25, 0.3) is 0 Å². The monoisotopic (exact) mass is 196 g/mol. The first-order chi connectivity index (χ1) is 5.22. The third-order valence-corrected chi connectivity index (χ3v) is 2.78. The first kappa shape index (κ1) is 8.89. The van der Waals surface area contributed by atoms with Gasteiger partial charge >= 0.3 is 11.4 Å². The summed E-state index contributed by atoms with van der Waals surface area (Å²) in [6, 6.07) is 0. The second-order valence-electron chi connectivity index (χ2n) is 1.80. The van der Waals surface area contributed by atoms with E-state index in [0.29, 0.717) is 11.5 Å². The van der Waals surface area contributed by atoms with Crippen LogP contribution in [0.5, 0.6) is 0 Å². The van der Waals surface area contributed by atoms with Crippen LogP contribution < -0.4 is 0 Å². The lowest BCUT2D eigenvalue weighted by atomic mass is 10.6. The van der Waals surface area contributed by atoms with Gasteiger partial charge in [0.15, 0.2) is 5.76 Å². The zero-order valence-electron chi connectivity index (χ0n) is 5.94. The molecule has 2 atom stereocenters. The number of hydrogen-bond donors (Lipinski definition) is 0. The number of rotatable bonds is 2. The van der Waals surface area contributed by atoms with Crippen molar-refractivity contribution in [3.05, 3.63) is 11.2 Å². The maximum absolute atomic E-state index is 10.9. The van der Waals surface area contributed by atoms with Gasteiger partial charge in [-0.1, -0.05) is 6.92 Å². The molecule has 0 radical (unpaired) electrons. The van der Waals surface area contributed by atoms with Gasteiger partial charge < -0.3 is 4.18 Å². The Labute approximate surface area is 69.9 Å². The average Bonchev–Trinajstić information content (AvgIpc) is 2.35. The normalized spacial score (nSPS) is 30.3. The van der Waals surface area contributed by atoms with Crippen molar-refractivity contribution in [2.24, 2.45) is 0 Å². The maximum Gasteiger partial charge on any atom is 0.360 e. The van der Waals surface area contributed by atoms with E-state index in [1.165, 1.54) is 5.41 Å². The number of hydrogen-bond acceptors (Lipinski definition) is 4. The molecule has 6 heteroatoms. The van der Waals surface area contributed by atoms with Crippen LogP contribution in [0, 0.1) is 0 Å². The van der Waals surface area contributed by atoms with E-state index in [1.807, 2.05) is 0 Å². The van der Waals surface area contributed by atoms with Gasteiger partial charge in [0, 0.05) is 22.0 Å². The molecule has 0 amide bonds. The van der Waals surface area contributed by atoms with Gasteiger partial charge in [0.25, 0.3) is 0 Å². The Bertz CT molecular complexity index is 223. The minimum atomic E-state index is -1.67. The van der Waals surface area contributed by atoms with E-state index < -0.39 is 22.2 Å². The molecule has 0 aliphatic carbocycles. The SMILES string of the molecule is CCS(=O)C=C1COS(=O)O1. The summed E-state index contributed by atoms with van der Waals surface area (Å²) >= 11 is -1.67. The summed E-state index contributed by atoms with van der Waals surface area (Å²) in [5.74, 6) is 0.919. The molecule has 1 heterocycles. The molecule has 0 aromatic heterocycles. The third-order valence-electron chi connectivity index (χ3n) is 1.02. The van der Waals surface area contributed by atoms with E-state index in [4.69, 9.17) is 0 Å². The van der Waals surface area contributed by atoms with Gasteiger partial charge in [0.05, 0.1) is 0 Å². The summed E-state index contributed by atoms with van der Waals surface area (Å²) in [5.41, 5.74) is 0. The predicted octanol–water partition coefficient (Wildman–Crippen LogP) is 0.222. The van der Waals surface area contributed by atoms with Crippen LogP contribution in [-0.4, -0.2) is 20.8 Å². The molecule has 1 aliphatic heterocycles. The van der Waals surface area contributed by atoms with Crippen molar-refractivity contribution in [2.75, 3.05) is 12.4 Å². The molecule has 11 heavy (non-hydrogen) atoms. The summed E-state index contributed by atoms with van der Waals surface area (Å²) in [6.07, 6.45) is 0. The van der Waals surface area contributed by atoms with Gasteiger partial charge in [-0.2, -0.15) is 4.21 Å². The second-order valence-corrected chi connectivity index (χ2v) is 4.19. The molecule has 0 bridgehead atoms. The molecule has 1 rings (SSSR count). The highest BCUT2D eigenvalue weighted by molar-refractivity contribution is 7.88. The van der Waals surface area contributed by atoms with Crippen LogP contribution in [-0.2, 0) is 30.5 Å². The smallest absolute Gasteiger partial charge is 0.360 e. The van der Waals surface area contributed by atoms with E-state index in [0.717, 1.165) is 0 Å². The van der Waals surface area contributed by atoms with E-state index >= 15 is 0 Å². The molecule has 1 saturated heterocycles. The van der Waals surface area contributed by atoms with Gasteiger partial charge in [0.2, 0.25) is 0 Å². The van der Waals surface area contributed by atoms with Crippen molar-refractivity contribution < 1.29 is 16.8 Å². The van der Waals surface area contributed by atoms with Crippen molar-refractivity contribution in [3.8, 4) is 0 Å². The van der Waals surface area contributed by atoms with Gasteiger partial charge in [-0.05, 0) is 0 Å². The van der Waals surface area contributed by atoms with Crippen molar-refractivity contribution in [1.29, 1.82) is 0 Å². The Balaban J connectivity index is 2.54. The fourth-order valence-electron chi connectivity index (χ4n) is 0.525. The molecular weight excluding hydrogens is 188 g/mol. The van der Waals surface area contributed by atoms with E-state index in [2.05, 4.69) is 8.37 Å². The third kappa shape index (κ3) is 2.72. The van der Waals surface area contributed by atoms with Crippen LogP contribution in [0.1, 0.15) is 6.92 Å². The Hall–Kier alpha value is -0.200. The predicted molar refractivity (Wildman–Crippen MR) is 41.9 cm³/mol. The molecule has 4 nitrogen and oxygen atoms in total. The summed E-state index contributed by atoms with van der Waals surface area (Å²) in [6.45, 7) is 1.94. The maximum atomic E-state index is 10.9. The Morgan fingerprint density at radius 1 is 1.82 bits per heavy atom. The van der Waals surface area contributed by atoms with Crippen LogP contribution in [0.4, 0.5) is 0 Å². The van der Waals surface area contributed by atoms with E-state index in [1.54, 1.807) is 6.92 Å². The van der Waals surface area contributed by atoms with Gasteiger partial charge in [-0.3, -0.25) is 8.39 Å². The van der Waals surface area contributed by atoms with Crippen LogP contribution in [0.3, 0.4) is 0 Å². The van der Waals surface area contributed by atoms with Crippen molar-refractivity contribution in [1.82, 2.24) is 0 Å². The van der Waals surface area contributed by atoms with Crippen molar-refractivity contribution in [3.63, 3.8) is 0 Å². The first-order valence-electron chi connectivity index (χ1n) is 3.03.